The molecule has 0 aromatic heterocycles. The molecule has 28 heavy (non-hydrogen) atoms. The zero-order valence-corrected chi connectivity index (χ0v) is 16.0. The second-order valence-electron chi connectivity index (χ2n) is 6.84. The van der Waals surface area contributed by atoms with E-state index in [0.29, 0.717) is 5.56 Å². The highest BCUT2D eigenvalue weighted by Crippen LogP contribution is 2.43. The fourth-order valence-corrected chi connectivity index (χ4v) is 3.51. The van der Waals surface area contributed by atoms with Crippen LogP contribution in [0.4, 0.5) is 8.78 Å². The highest BCUT2D eigenvalue weighted by Gasteiger charge is 2.50. The van der Waals surface area contributed by atoms with Crippen molar-refractivity contribution in [3.05, 3.63) is 65.2 Å². The molecule has 0 bridgehead atoms. The average Bonchev–Trinajstić information content (AvgIpc) is 2.92. The highest BCUT2D eigenvalue weighted by molar-refractivity contribution is 6.09. The number of rotatable bonds is 6. The first kappa shape index (κ1) is 19.8. The van der Waals surface area contributed by atoms with Crippen LogP contribution in [-0.2, 0) is 10.3 Å². The van der Waals surface area contributed by atoms with Gasteiger partial charge in [0, 0.05) is 7.05 Å². The maximum Gasteiger partial charge on any atom is 0.387 e. The molecule has 148 valence electrons. The first-order chi connectivity index (χ1) is 13.3. The van der Waals surface area contributed by atoms with E-state index in [2.05, 4.69) is 23.6 Å². The Morgan fingerprint density at radius 2 is 1.82 bits per heavy atom. The van der Waals surface area contributed by atoms with Crippen molar-refractivity contribution in [2.24, 2.45) is 10.7 Å². The summed E-state index contributed by atoms with van der Waals surface area (Å²) in [6, 6.07) is 13.6. The van der Waals surface area contributed by atoms with Crippen molar-refractivity contribution in [1.82, 2.24) is 4.90 Å². The molecule has 2 N–H and O–H groups in total. The lowest BCUT2D eigenvalue weighted by molar-refractivity contribution is -0.129. The molecule has 0 aliphatic carbocycles. The van der Waals surface area contributed by atoms with E-state index in [9.17, 15) is 13.6 Å². The molecule has 0 spiro atoms. The van der Waals surface area contributed by atoms with E-state index in [-0.39, 0.29) is 23.5 Å². The van der Waals surface area contributed by atoms with Gasteiger partial charge in [-0.05, 0) is 41.2 Å². The van der Waals surface area contributed by atoms with Gasteiger partial charge in [-0.1, -0.05) is 50.2 Å². The van der Waals surface area contributed by atoms with Crippen LogP contribution in [0.3, 0.4) is 0 Å². The summed E-state index contributed by atoms with van der Waals surface area (Å²) in [7, 11) is 1.57. The van der Waals surface area contributed by atoms with Crippen molar-refractivity contribution in [2.75, 3.05) is 7.05 Å². The molecule has 3 rings (SSSR count). The summed E-state index contributed by atoms with van der Waals surface area (Å²) >= 11 is 0. The van der Waals surface area contributed by atoms with E-state index in [4.69, 9.17) is 5.73 Å². The summed E-state index contributed by atoms with van der Waals surface area (Å²) in [6.07, 6.45) is 0.886. The second kappa shape index (κ2) is 7.58. The summed E-state index contributed by atoms with van der Waals surface area (Å²) in [4.78, 5) is 19.2. The van der Waals surface area contributed by atoms with Crippen LogP contribution in [0, 0.1) is 0 Å². The Kier molecular flexibility index (Phi) is 5.36. The van der Waals surface area contributed by atoms with Gasteiger partial charge in [0.1, 0.15) is 5.75 Å². The van der Waals surface area contributed by atoms with Crippen LogP contribution < -0.4 is 10.5 Å². The minimum Gasteiger partial charge on any atom is -0.435 e. The minimum atomic E-state index is -2.92. The molecule has 1 unspecified atom stereocenters. The van der Waals surface area contributed by atoms with Gasteiger partial charge in [-0.15, -0.1) is 0 Å². The molecular weight excluding hydrogens is 364 g/mol. The van der Waals surface area contributed by atoms with E-state index in [1.54, 1.807) is 19.2 Å². The molecule has 0 saturated heterocycles. The molecule has 1 aliphatic heterocycles. The normalized spacial score (nSPS) is 20.4. The van der Waals surface area contributed by atoms with Crippen molar-refractivity contribution in [2.45, 2.75) is 38.3 Å². The molecule has 2 atom stereocenters. The van der Waals surface area contributed by atoms with Crippen molar-refractivity contribution < 1.29 is 18.3 Å². The van der Waals surface area contributed by atoms with Crippen LogP contribution in [-0.4, -0.2) is 30.4 Å². The number of guanidine groups is 1. The molecule has 1 amide bonds. The topological polar surface area (TPSA) is 67.9 Å². The van der Waals surface area contributed by atoms with Crippen molar-refractivity contribution in [3.8, 4) is 5.75 Å². The van der Waals surface area contributed by atoms with Gasteiger partial charge in [0.2, 0.25) is 0 Å². The van der Waals surface area contributed by atoms with Gasteiger partial charge in [0.05, 0.1) is 0 Å². The number of amides is 1. The van der Waals surface area contributed by atoms with Crippen LogP contribution in [0.25, 0.3) is 0 Å². The lowest BCUT2D eigenvalue weighted by Gasteiger charge is -2.29. The maximum atomic E-state index is 13.3. The van der Waals surface area contributed by atoms with Crippen LogP contribution in [0.1, 0.15) is 42.9 Å². The number of halogens is 2. The zero-order valence-electron chi connectivity index (χ0n) is 16.0. The molecule has 2 aromatic rings. The van der Waals surface area contributed by atoms with Crippen LogP contribution in [0.15, 0.2) is 53.5 Å². The van der Waals surface area contributed by atoms with Crippen LogP contribution >= 0.6 is 0 Å². The molecular formula is C21H23F2N3O2. The summed E-state index contributed by atoms with van der Waals surface area (Å²) in [5.74, 6) is 0.0321. The monoisotopic (exact) mass is 387 g/mol. The van der Waals surface area contributed by atoms with Crippen molar-refractivity contribution in [3.63, 3.8) is 0 Å². The predicted molar refractivity (Wildman–Crippen MR) is 103 cm³/mol. The number of carbonyl (C=O) groups is 1. The molecule has 0 radical (unpaired) electrons. The number of aliphatic imine (C=N–C) groups is 1. The Labute approximate surface area is 162 Å². The van der Waals surface area contributed by atoms with E-state index in [0.717, 1.165) is 17.5 Å². The Balaban J connectivity index is 2.21. The number of nitrogens with zero attached hydrogens (tertiary/aromatic N) is 2. The average molecular weight is 387 g/mol. The largest absolute Gasteiger partial charge is 0.435 e. The van der Waals surface area contributed by atoms with E-state index >= 15 is 0 Å². The Morgan fingerprint density at radius 1 is 1.18 bits per heavy atom. The number of hydrogen-bond acceptors (Lipinski definition) is 4. The summed E-state index contributed by atoms with van der Waals surface area (Å²) in [6.45, 7) is 1.24. The number of ether oxygens (including phenoxy) is 1. The molecule has 0 fully saturated rings. The standard InChI is InChI=1S/C21H23F2N3O2/c1-4-13(2)16-7-5-6-8-17(16)21(18(27)26(3)20(24)25-21)14-9-11-15(12-10-14)28-19(22)23/h5-13,19H,4H2,1-3H3,(H2,24,25)/t13?,21-/m1/s1. The van der Waals surface area contributed by atoms with Crippen molar-refractivity contribution in [1.29, 1.82) is 0 Å². The van der Waals surface area contributed by atoms with Gasteiger partial charge in [0.25, 0.3) is 5.91 Å². The van der Waals surface area contributed by atoms with Gasteiger partial charge in [-0.2, -0.15) is 8.78 Å². The van der Waals surface area contributed by atoms with Gasteiger partial charge in [0.15, 0.2) is 11.5 Å². The third kappa shape index (κ3) is 3.21. The molecule has 1 heterocycles. The number of likely N-dealkylation sites (N-methyl/N-ethyl adjacent to an activating group) is 1. The SMILES string of the molecule is CCC(C)c1ccccc1[C@@]1(c2ccc(OC(F)F)cc2)N=C(N)N(C)C1=O. The van der Waals surface area contributed by atoms with Gasteiger partial charge < -0.3 is 10.5 Å². The van der Waals surface area contributed by atoms with Crippen molar-refractivity contribution >= 4 is 11.9 Å². The van der Waals surface area contributed by atoms with Gasteiger partial charge in [-0.3, -0.25) is 9.69 Å². The fraction of sp³-hybridized carbons (Fsp3) is 0.333. The van der Waals surface area contributed by atoms with Crippen LogP contribution in [0.2, 0.25) is 0 Å². The van der Waals surface area contributed by atoms with Crippen LogP contribution in [0.5, 0.6) is 5.75 Å². The van der Waals surface area contributed by atoms with E-state index in [1.807, 2.05) is 24.3 Å². The molecule has 5 nitrogen and oxygen atoms in total. The summed E-state index contributed by atoms with van der Waals surface area (Å²) in [5.41, 5.74) is 6.93. The Bertz CT molecular complexity index is 899. The third-order valence-corrected chi connectivity index (χ3v) is 5.23. The molecule has 0 saturated carbocycles. The summed E-state index contributed by atoms with van der Waals surface area (Å²) in [5, 5.41) is 0. The first-order valence-corrected chi connectivity index (χ1v) is 9.09. The lowest BCUT2D eigenvalue weighted by Crippen LogP contribution is -2.41. The smallest absolute Gasteiger partial charge is 0.387 e. The minimum absolute atomic E-state index is 0.0138. The predicted octanol–water partition coefficient (Wildman–Crippen LogP) is 3.83. The highest BCUT2D eigenvalue weighted by atomic mass is 19.3. The van der Waals surface area contributed by atoms with Gasteiger partial charge in [-0.25, -0.2) is 4.99 Å². The van der Waals surface area contributed by atoms with Gasteiger partial charge >= 0.3 is 6.61 Å². The quantitative estimate of drug-likeness (QED) is 0.819. The lowest BCUT2D eigenvalue weighted by atomic mass is 9.77. The fourth-order valence-electron chi connectivity index (χ4n) is 3.51. The third-order valence-electron chi connectivity index (χ3n) is 5.23. The number of alkyl halides is 2. The molecule has 2 aromatic carbocycles. The summed E-state index contributed by atoms with van der Waals surface area (Å²) < 4.78 is 29.4. The Morgan fingerprint density at radius 3 is 2.36 bits per heavy atom. The first-order valence-electron chi connectivity index (χ1n) is 9.09. The van der Waals surface area contributed by atoms with E-state index in [1.165, 1.54) is 17.0 Å². The maximum absolute atomic E-state index is 13.3. The molecule has 7 heteroatoms. The number of nitrogens with two attached hydrogens (primary N) is 1. The second-order valence-corrected chi connectivity index (χ2v) is 6.84. The number of benzene rings is 2. The number of carbonyl (C=O) groups excluding carboxylic acids is 1. The van der Waals surface area contributed by atoms with E-state index < -0.39 is 12.2 Å². The zero-order chi connectivity index (χ0) is 20.5. The molecule has 1 aliphatic rings. The Hall–Kier alpha value is -2.96. The number of hydrogen-bond donors (Lipinski definition) is 1.